The summed E-state index contributed by atoms with van der Waals surface area (Å²) in [5, 5.41) is 3.48. The molecule has 0 aromatic heterocycles. The molecule has 7 nitrogen and oxygen atoms in total. The molecule has 1 atom stereocenters. The van der Waals surface area contributed by atoms with Crippen molar-refractivity contribution in [1.82, 2.24) is 10.2 Å². The largest absolute Gasteiger partial charge is 0.355 e. The highest BCUT2D eigenvalue weighted by molar-refractivity contribution is 7.92. The van der Waals surface area contributed by atoms with Gasteiger partial charge >= 0.3 is 0 Å². The van der Waals surface area contributed by atoms with Gasteiger partial charge in [0.1, 0.15) is 12.6 Å². The number of hydrogen-bond donors (Lipinski definition) is 1. The summed E-state index contributed by atoms with van der Waals surface area (Å²) >= 11 is 12.5. The molecule has 0 spiro atoms. The van der Waals surface area contributed by atoms with Gasteiger partial charge in [0.25, 0.3) is 0 Å². The van der Waals surface area contributed by atoms with Crippen LogP contribution in [0.5, 0.6) is 0 Å². The predicted octanol–water partition coefficient (Wildman–Crippen LogP) is 4.54. The zero-order valence-corrected chi connectivity index (χ0v) is 22.9. The quantitative estimate of drug-likeness (QED) is 0.372. The van der Waals surface area contributed by atoms with E-state index in [9.17, 15) is 18.0 Å². The second-order valence-corrected chi connectivity index (χ2v) is 11.2. The number of carbonyl (C=O) groups excluding carboxylic acids is 2. The van der Waals surface area contributed by atoms with Crippen LogP contribution in [-0.2, 0) is 32.6 Å². The molecule has 1 N–H and O–H groups in total. The third-order valence-corrected chi connectivity index (χ3v) is 7.35. The Labute approximate surface area is 228 Å². The Morgan fingerprint density at radius 3 is 2.19 bits per heavy atom. The van der Waals surface area contributed by atoms with Crippen LogP contribution in [0.15, 0.2) is 78.9 Å². The lowest BCUT2D eigenvalue weighted by atomic mass is 10.0. The number of benzene rings is 3. The number of halogens is 2. The Balaban J connectivity index is 2.05. The third-order valence-electron chi connectivity index (χ3n) is 5.66. The molecule has 0 bridgehead atoms. The molecule has 0 aliphatic heterocycles. The van der Waals surface area contributed by atoms with Crippen LogP contribution in [-0.4, -0.2) is 50.5 Å². The minimum absolute atomic E-state index is 0.0498. The molecule has 0 aliphatic carbocycles. The van der Waals surface area contributed by atoms with Crippen molar-refractivity contribution in [3.8, 4) is 0 Å². The van der Waals surface area contributed by atoms with Crippen LogP contribution in [0.2, 0.25) is 10.0 Å². The molecule has 0 radical (unpaired) electrons. The van der Waals surface area contributed by atoms with Gasteiger partial charge in [-0.05, 0) is 42.3 Å². The number of para-hydroxylation sites is 1. The summed E-state index contributed by atoms with van der Waals surface area (Å²) in [5.74, 6) is -0.900. The topological polar surface area (TPSA) is 86.8 Å². The normalized spacial score (nSPS) is 12.0. The van der Waals surface area contributed by atoms with Crippen molar-refractivity contribution in [3.63, 3.8) is 0 Å². The van der Waals surface area contributed by atoms with Crippen molar-refractivity contribution in [2.24, 2.45) is 0 Å². The van der Waals surface area contributed by atoms with Gasteiger partial charge in [-0.3, -0.25) is 13.9 Å². The Morgan fingerprint density at radius 1 is 0.919 bits per heavy atom. The SMILES string of the molecule is CCNC(=O)C(Cc1ccccc1)N(Cc1cccc(Cl)c1)C(=O)CN(c1ccccc1Cl)S(C)(=O)=O. The average molecular weight is 563 g/mol. The molecule has 0 heterocycles. The number of nitrogens with zero attached hydrogens (tertiary/aromatic N) is 2. The monoisotopic (exact) mass is 561 g/mol. The van der Waals surface area contributed by atoms with E-state index in [4.69, 9.17) is 23.2 Å². The maximum Gasteiger partial charge on any atom is 0.244 e. The number of nitrogens with one attached hydrogen (secondary N) is 1. The lowest BCUT2D eigenvalue weighted by Gasteiger charge is -2.33. The molecular weight excluding hydrogens is 533 g/mol. The van der Waals surface area contributed by atoms with Crippen molar-refractivity contribution in [2.45, 2.75) is 25.9 Å². The van der Waals surface area contributed by atoms with Crippen molar-refractivity contribution in [1.29, 1.82) is 0 Å². The molecule has 0 saturated carbocycles. The third kappa shape index (κ3) is 7.95. The van der Waals surface area contributed by atoms with Crippen molar-refractivity contribution in [2.75, 3.05) is 23.7 Å². The smallest absolute Gasteiger partial charge is 0.244 e. The van der Waals surface area contributed by atoms with Gasteiger partial charge in [0, 0.05) is 24.5 Å². The highest BCUT2D eigenvalue weighted by Crippen LogP contribution is 2.28. The van der Waals surface area contributed by atoms with Gasteiger partial charge in [-0.25, -0.2) is 8.42 Å². The summed E-state index contributed by atoms with van der Waals surface area (Å²) in [5.41, 5.74) is 1.74. The van der Waals surface area contributed by atoms with Gasteiger partial charge < -0.3 is 10.2 Å². The average Bonchev–Trinajstić information content (AvgIpc) is 2.85. The van der Waals surface area contributed by atoms with E-state index in [1.165, 1.54) is 11.0 Å². The molecular formula is C27H29Cl2N3O4S. The van der Waals surface area contributed by atoms with Gasteiger partial charge in [0.05, 0.1) is 17.0 Å². The minimum atomic E-state index is -3.88. The van der Waals surface area contributed by atoms with E-state index in [2.05, 4.69) is 5.32 Å². The molecule has 2 amide bonds. The second-order valence-electron chi connectivity index (χ2n) is 8.47. The molecule has 3 rings (SSSR count). The molecule has 10 heteroatoms. The molecule has 37 heavy (non-hydrogen) atoms. The molecule has 196 valence electrons. The first kappa shape index (κ1) is 28.5. The second kappa shape index (κ2) is 12.9. The molecule has 0 fully saturated rings. The Bertz CT molecular complexity index is 1340. The fourth-order valence-electron chi connectivity index (χ4n) is 3.93. The lowest BCUT2D eigenvalue weighted by Crippen LogP contribution is -2.53. The number of rotatable bonds is 11. The van der Waals surface area contributed by atoms with Crippen LogP contribution in [0.1, 0.15) is 18.1 Å². The molecule has 1 unspecified atom stereocenters. The minimum Gasteiger partial charge on any atom is -0.355 e. The van der Waals surface area contributed by atoms with Crippen LogP contribution in [0.3, 0.4) is 0 Å². The Hall–Kier alpha value is -3.07. The van der Waals surface area contributed by atoms with Gasteiger partial charge in [-0.15, -0.1) is 0 Å². The first-order valence-corrected chi connectivity index (χ1v) is 14.3. The summed E-state index contributed by atoms with van der Waals surface area (Å²) in [7, 11) is -3.88. The number of amides is 2. The van der Waals surface area contributed by atoms with Gasteiger partial charge in [0.15, 0.2) is 0 Å². The number of carbonyl (C=O) groups is 2. The van der Waals surface area contributed by atoms with E-state index in [-0.39, 0.29) is 29.6 Å². The summed E-state index contributed by atoms with van der Waals surface area (Å²) in [6.45, 7) is 1.68. The van der Waals surface area contributed by atoms with Gasteiger partial charge in [-0.2, -0.15) is 0 Å². The number of sulfonamides is 1. The zero-order valence-electron chi connectivity index (χ0n) is 20.6. The standard InChI is InChI=1S/C27H29Cl2N3O4S/c1-3-30-27(34)25(17-20-10-5-4-6-11-20)31(18-21-12-9-13-22(28)16-21)26(33)19-32(37(2,35)36)24-15-8-7-14-23(24)29/h4-16,25H,3,17-19H2,1-2H3,(H,30,34). The Kier molecular flexibility index (Phi) is 9.97. The molecule has 0 saturated heterocycles. The molecule has 3 aromatic carbocycles. The first-order valence-electron chi connectivity index (χ1n) is 11.7. The van der Waals surface area contributed by atoms with E-state index in [0.29, 0.717) is 17.1 Å². The van der Waals surface area contributed by atoms with E-state index >= 15 is 0 Å². The fourth-order valence-corrected chi connectivity index (χ4v) is 5.29. The van der Waals surface area contributed by atoms with Gasteiger partial charge in [-0.1, -0.05) is 77.8 Å². The fraction of sp³-hybridized carbons (Fsp3) is 0.259. The summed E-state index contributed by atoms with van der Waals surface area (Å²) in [6, 6.07) is 21.8. The van der Waals surface area contributed by atoms with Crippen molar-refractivity contribution >= 4 is 50.7 Å². The Morgan fingerprint density at radius 2 is 1.57 bits per heavy atom. The molecule has 0 aliphatic rings. The molecule has 3 aromatic rings. The van der Waals surface area contributed by atoms with Crippen molar-refractivity contribution < 1.29 is 18.0 Å². The van der Waals surface area contributed by atoms with E-state index < -0.39 is 28.5 Å². The van der Waals surface area contributed by atoms with Crippen LogP contribution in [0.25, 0.3) is 0 Å². The number of likely N-dealkylation sites (N-methyl/N-ethyl adjacent to an activating group) is 1. The zero-order chi connectivity index (χ0) is 27.0. The maximum atomic E-state index is 13.9. The summed E-state index contributed by atoms with van der Waals surface area (Å²) < 4.78 is 26.4. The van der Waals surface area contributed by atoms with Crippen LogP contribution in [0, 0.1) is 0 Å². The number of hydrogen-bond acceptors (Lipinski definition) is 4. The highest BCUT2D eigenvalue weighted by atomic mass is 35.5. The van der Waals surface area contributed by atoms with E-state index in [0.717, 1.165) is 16.1 Å². The predicted molar refractivity (Wildman–Crippen MR) is 148 cm³/mol. The van der Waals surface area contributed by atoms with Crippen LogP contribution >= 0.6 is 23.2 Å². The van der Waals surface area contributed by atoms with Crippen LogP contribution in [0.4, 0.5) is 5.69 Å². The van der Waals surface area contributed by atoms with Gasteiger partial charge in [0.2, 0.25) is 21.8 Å². The summed E-state index contributed by atoms with van der Waals surface area (Å²) in [6.07, 6.45) is 1.25. The van der Waals surface area contributed by atoms with E-state index in [1.54, 1.807) is 49.4 Å². The van der Waals surface area contributed by atoms with Crippen LogP contribution < -0.4 is 9.62 Å². The maximum absolute atomic E-state index is 13.9. The first-order chi connectivity index (χ1) is 17.6. The summed E-state index contributed by atoms with van der Waals surface area (Å²) in [4.78, 5) is 28.6. The van der Waals surface area contributed by atoms with Crippen molar-refractivity contribution in [3.05, 3.63) is 100 Å². The van der Waals surface area contributed by atoms with E-state index in [1.807, 2.05) is 30.3 Å². The number of anilines is 1. The highest BCUT2D eigenvalue weighted by Gasteiger charge is 2.33. The lowest BCUT2D eigenvalue weighted by molar-refractivity contribution is -0.140.